The van der Waals surface area contributed by atoms with Crippen LogP contribution in [0.4, 0.5) is 0 Å². The second-order valence-corrected chi connectivity index (χ2v) is 3.07. The van der Waals surface area contributed by atoms with Gasteiger partial charge in [0.1, 0.15) is 0 Å². The van der Waals surface area contributed by atoms with Crippen molar-refractivity contribution < 1.29 is 0 Å². The van der Waals surface area contributed by atoms with Gasteiger partial charge in [-0.25, -0.2) is 0 Å². The second-order valence-electron chi connectivity index (χ2n) is 2.34. The van der Waals surface area contributed by atoms with Crippen molar-refractivity contribution in [2.75, 3.05) is 13.1 Å². The van der Waals surface area contributed by atoms with Crippen LogP contribution in [0.3, 0.4) is 0 Å². The van der Waals surface area contributed by atoms with Gasteiger partial charge in [0.15, 0.2) is 0 Å². The summed E-state index contributed by atoms with van der Waals surface area (Å²) in [7, 11) is 2.70. The Labute approximate surface area is 66.4 Å². The van der Waals surface area contributed by atoms with Gasteiger partial charge in [0.25, 0.3) is 0 Å². The molecular formula is C8H16NP. The minimum absolute atomic E-state index is 0.854. The Kier molecular flexibility index (Phi) is 7.03. The first-order chi connectivity index (χ1) is 4.81. The fraction of sp³-hybridized carbons (Fsp3) is 0.750. The Morgan fingerprint density at radius 3 is 2.70 bits per heavy atom. The summed E-state index contributed by atoms with van der Waals surface area (Å²) in [5.41, 5.74) is 0. The zero-order valence-electron chi connectivity index (χ0n) is 6.64. The number of unbranched alkanes of at least 4 members (excludes halogenated alkanes) is 1. The fourth-order valence-electron chi connectivity index (χ4n) is 0.681. The molecule has 1 unspecified atom stereocenters. The second kappa shape index (κ2) is 7.06. The number of hydrogen-bond acceptors (Lipinski definition) is 1. The molecule has 0 saturated carbocycles. The molecule has 10 heavy (non-hydrogen) atoms. The van der Waals surface area contributed by atoms with E-state index in [0.717, 1.165) is 19.5 Å². The Balaban J connectivity index is 3.10. The van der Waals surface area contributed by atoms with Gasteiger partial charge in [0, 0.05) is 19.5 Å². The predicted octanol–water partition coefficient (Wildman–Crippen LogP) is 1.90. The quantitative estimate of drug-likeness (QED) is 0.435. The monoisotopic (exact) mass is 157 g/mol. The van der Waals surface area contributed by atoms with E-state index in [4.69, 9.17) is 6.42 Å². The normalized spacial score (nSPS) is 9.80. The van der Waals surface area contributed by atoms with E-state index in [1.54, 1.807) is 0 Å². The van der Waals surface area contributed by atoms with Gasteiger partial charge in [0.2, 0.25) is 0 Å². The highest BCUT2D eigenvalue weighted by molar-refractivity contribution is 7.13. The van der Waals surface area contributed by atoms with Crippen molar-refractivity contribution in [2.24, 2.45) is 0 Å². The maximum atomic E-state index is 5.12. The Morgan fingerprint density at radius 1 is 1.50 bits per heavy atom. The minimum atomic E-state index is 0.854. The molecule has 0 rings (SSSR count). The van der Waals surface area contributed by atoms with Crippen molar-refractivity contribution in [1.29, 1.82) is 0 Å². The maximum absolute atomic E-state index is 5.12. The van der Waals surface area contributed by atoms with Crippen LogP contribution in [0.15, 0.2) is 0 Å². The van der Waals surface area contributed by atoms with Gasteiger partial charge in [-0.3, -0.25) is 4.67 Å². The minimum Gasteiger partial charge on any atom is -0.286 e. The van der Waals surface area contributed by atoms with Crippen LogP contribution < -0.4 is 0 Å². The average Bonchev–Trinajstić information content (AvgIpc) is 1.97. The molecule has 2 heteroatoms. The summed E-state index contributed by atoms with van der Waals surface area (Å²) in [5.74, 6) is 2.62. The van der Waals surface area contributed by atoms with Crippen molar-refractivity contribution >= 4 is 9.39 Å². The zero-order valence-corrected chi connectivity index (χ0v) is 7.79. The average molecular weight is 157 g/mol. The summed E-state index contributed by atoms with van der Waals surface area (Å²) in [6.45, 7) is 4.34. The van der Waals surface area contributed by atoms with Crippen LogP contribution in [-0.2, 0) is 0 Å². The summed E-state index contributed by atoms with van der Waals surface area (Å²) in [5, 5.41) is 0. The van der Waals surface area contributed by atoms with Gasteiger partial charge in [-0.15, -0.1) is 12.3 Å². The van der Waals surface area contributed by atoms with E-state index in [1.165, 1.54) is 12.8 Å². The molecule has 0 spiro atoms. The van der Waals surface area contributed by atoms with Gasteiger partial charge in [-0.1, -0.05) is 22.7 Å². The van der Waals surface area contributed by atoms with Gasteiger partial charge >= 0.3 is 0 Å². The lowest BCUT2D eigenvalue weighted by molar-refractivity contribution is 0.465. The molecular weight excluding hydrogens is 141 g/mol. The summed E-state index contributed by atoms with van der Waals surface area (Å²) in [6, 6.07) is 0. The van der Waals surface area contributed by atoms with Gasteiger partial charge < -0.3 is 0 Å². The lowest BCUT2D eigenvalue weighted by Crippen LogP contribution is -2.13. The molecule has 1 atom stereocenters. The van der Waals surface area contributed by atoms with Crippen molar-refractivity contribution in [3.8, 4) is 12.3 Å². The van der Waals surface area contributed by atoms with E-state index >= 15 is 0 Å². The van der Waals surface area contributed by atoms with Crippen LogP contribution in [0.5, 0.6) is 0 Å². The van der Waals surface area contributed by atoms with E-state index in [2.05, 4.69) is 26.9 Å². The molecule has 0 aromatic carbocycles. The fourth-order valence-corrected chi connectivity index (χ4v) is 0.993. The third-order valence-electron chi connectivity index (χ3n) is 1.34. The number of hydrogen-bond donors (Lipinski definition) is 0. The molecule has 0 N–H and O–H groups in total. The molecule has 0 aliphatic carbocycles. The number of rotatable bonds is 5. The van der Waals surface area contributed by atoms with E-state index in [-0.39, 0.29) is 0 Å². The Morgan fingerprint density at radius 2 is 2.20 bits per heavy atom. The van der Waals surface area contributed by atoms with Crippen LogP contribution in [0, 0.1) is 12.3 Å². The zero-order chi connectivity index (χ0) is 7.82. The number of terminal acetylenes is 1. The lowest BCUT2D eigenvalue weighted by Gasteiger charge is -2.12. The Bertz CT molecular complexity index is 106. The maximum Gasteiger partial charge on any atom is 0.0217 e. The van der Waals surface area contributed by atoms with Gasteiger partial charge in [-0.2, -0.15) is 0 Å². The highest BCUT2D eigenvalue weighted by Gasteiger charge is 1.93. The number of nitrogens with zero attached hydrogens (tertiary/aromatic N) is 1. The van der Waals surface area contributed by atoms with Crippen LogP contribution in [-0.4, -0.2) is 17.8 Å². The van der Waals surface area contributed by atoms with Gasteiger partial charge in [-0.05, 0) is 6.42 Å². The van der Waals surface area contributed by atoms with E-state index in [0.29, 0.717) is 0 Å². The van der Waals surface area contributed by atoms with Crippen LogP contribution in [0.25, 0.3) is 0 Å². The summed E-state index contributed by atoms with van der Waals surface area (Å²) in [4.78, 5) is 0. The first-order valence-corrected chi connectivity index (χ1v) is 4.26. The molecule has 0 heterocycles. The SMILES string of the molecule is C#CCCN(P)CCCC. The molecule has 0 amide bonds. The largest absolute Gasteiger partial charge is 0.286 e. The molecule has 0 fully saturated rings. The molecule has 0 bridgehead atoms. The van der Waals surface area contributed by atoms with Crippen LogP contribution >= 0.6 is 9.39 Å². The molecule has 0 radical (unpaired) electrons. The van der Waals surface area contributed by atoms with E-state index in [9.17, 15) is 0 Å². The molecule has 0 aromatic rings. The van der Waals surface area contributed by atoms with Crippen LogP contribution in [0.2, 0.25) is 0 Å². The summed E-state index contributed by atoms with van der Waals surface area (Å²) < 4.78 is 2.20. The van der Waals surface area contributed by atoms with Crippen molar-refractivity contribution in [3.63, 3.8) is 0 Å². The van der Waals surface area contributed by atoms with E-state index in [1.807, 2.05) is 0 Å². The smallest absolute Gasteiger partial charge is 0.0217 e. The van der Waals surface area contributed by atoms with Crippen molar-refractivity contribution in [2.45, 2.75) is 26.2 Å². The highest BCUT2D eigenvalue weighted by atomic mass is 31.0. The van der Waals surface area contributed by atoms with Crippen molar-refractivity contribution in [3.05, 3.63) is 0 Å². The molecule has 0 aromatic heterocycles. The predicted molar refractivity (Wildman–Crippen MR) is 49.6 cm³/mol. The Hall–Kier alpha value is -0.0500. The van der Waals surface area contributed by atoms with Gasteiger partial charge in [0.05, 0.1) is 0 Å². The highest BCUT2D eigenvalue weighted by Crippen LogP contribution is 2.01. The van der Waals surface area contributed by atoms with E-state index < -0.39 is 0 Å². The first-order valence-electron chi connectivity index (χ1n) is 3.74. The molecule has 1 nitrogen and oxygen atoms in total. The van der Waals surface area contributed by atoms with Crippen molar-refractivity contribution in [1.82, 2.24) is 4.67 Å². The third kappa shape index (κ3) is 6.08. The molecule has 0 aliphatic heterocycles. The summed E-state index contributed by atoms with van der Waals surface area (Å²) in [6.07, 6.45) is 8.48. The molecule has 0 aliphatic rings. The topological polar surface area (TPSA) is 3.24 Å². The standard InChI is InChI=1S/C8H16NP/c1-3-5-7-9(10)8-6-4-2/h1H,4-8,10H2,2H3. The lowest BCUT2D eigenvalue weighted by atomic mass is 10.3. The van der Waals surface area contributed by atoms with Crippen LogP contribution in [0.1, 0.15) is 26.2 Å². The first kappa shape index (κ1) is 9.95. The molecule has 58 valence electrons. The molecule has 0 saturated heterocycles. The summed E-state index contributed by atoms with van der Waals surface area (Å²) >= 11 is 0. The third-order valence-corrected chi connectivity index (χ3v) is 1.86.